The highest BCUT2D eigenvalue weighted by Crippen LogP contribution is 2.26. The van der Waals surface area contributed by atoms with Gasteiger partial charge in [0.1, 0.15) is 5.75 Å². The van der Waals surface area contributed by atoms with Gasteiger partial charge in [-0.3, -0.25) is 4.79 Å². The van der Waals surface area contributed by atoms with Gasteiger partial charge in [0.2, 0.25) is 0 Å². The normalized spacial score (nSPS) is 10.3. The van der Waals surface area contributed by atoms with Crippen molar-refractivity contribution in [3.63, 3.8) is 0 Å². The van der Waals surface area contributed by atoms with Crippen LogP contribution in [0.25, 0.3) is 0 Å². The molecule has 2 aromatic carbocycles. The molecule has 2 aromatic rings. The number of phenols is 1. The Hall–Kier alpha value is -1.27. The third-order valence-electron chi connectivity index (χ3n) is 2.64. The van der Waals surface area contributed by atoms with Crippen LogP contribution in [0.3, 0.4) is 0 Å². The summed E-state index contributed by atoms with van der Waals surface area (Å²) in [7, 11) is 0. The van der Waals surface area contributed by atoms with Gasteiger partial charge in [-0.15, -0.1) is 0 Å². The summed E-state index contributed by atoms with van der Waals surface area (Å²) in [6.07, 6.45) is 0. The number of nitrogens with one attached hydrogen (secondary N) is 1. The first-order valence-electron chi connectivity index (χ1n) is 5.54. The highest BCUT2D eigenvalue weighted by molar-refractivity contribution is 14.1. The molecule has 0 saturated heterocycles. The highest BCUT2D eigenvalue weighted by atomic mass is 127. The van der Waals surface area contributed by atoms with E-state index in [1.54, 1.807) is 12.1 Å². The number of carbonyl (C=O) groups is 1. The molecule has 0 aliphatic heterocycles. The first kappa shape index (κ1) is 14.1. The summed E-state index contributed by atoms with van der Waals surface area (Å²) in [5.74, 6) is -0.209. The second kappa shape index (κ2) is 5.79. The number of aryl methyl sites for hydroxylation is 1. The van der Waals surface area contributed by atoms with E-state index >= 15 is 0 Å². The average Bonchev–Trinajstić information content (AvgIpc) is 2.37. The molecule has 0 atom stereocenters. The SMILES string of the molecule is Cc1cccc(C(=O)Nc2ccc(O)c(Cl)c2)c1I. The maximum atomic E-state index is 12.2. The molecule has 0 radical (unpaired) electrons. The topological polar surface area (TPSA) is 49.3 Å². The zero-order chi connectivity index (χ0) is 14.0. The molecule has 0 aliphatic rings. The molecule has 0 aliphatic carbocycles. The number of carbonyl (C=O) groups excluding carboxylic acids is 1. The Morgan fingerprint density at radius 2 is 2.05 bits per heavy atom. The Bertz CT molecular complexity index is 643. The van der Waals surface area contributed by atoms with Gasteiger partial charge in [0.05, 0.1) is 10.6 Å². The Morgan fingerprint density at radius 3 is 2.74 bits per heavy atom. The number of phenolic OH excluding ortho intramolecular Hbond substituents is 1. The number of anilines is 1. The minimum Gasteiger partial charge on any atom is -0.506 e. The summed E-state index contributed by atoms with van der Waals surface area (Å²) in [6, 6.07) is 10.1. The van der Waals surface area contributed by atoms with Crippen LogP contribution in [-0.2, 0) is 0 Å². The zero-order valence-electron chi connectivity index (χ0n) is 10.1. The fourth-order valence-corrected chi connectivity index (χ4v) is 2.39. The monoisotopic (exact) mass is 387 g/mol. The van der Waals surface area contributed by atoms with Crippen molar-refractivity contribution in [3.8, 4) is 5.75 Å². The summed E-state index contributed by atoms with van der Waals surface area (Å²) in [6.45, 7) is 1.95. The molecule has 2 rings (SSSR count). The molecule has 5 heteroatoms. The summed E-state index contributed by atoms with van der Waals surface area (Å²) < 4.78 is 0.919. The van der Waals surface area contributed by atoms with E-state index in [-0.39, 0.29) is 16.7 Å². The number of rotatable bonds is 2. The molecule has 2 N–H and O–H groups in total. The third-order valence-corrected chi connectivity index (χ3v) is 4.38. The van der Waals surface area contributed by atoms with Crippen LogP contribution in [0.2, 0.25) is 5.02 Å². The molecule has 0 bridgehead atoms. The lowest BCUT2D eigenvalue weighted by atomic mass is 10.1. The van der Waals surface area contributed by atoms with E-state index in [0.29, 0.717) is 11.3 Å². The van der Waals surface area contributed by atoms with Gasteiger partial charge in [0.15, 0.2) is 0 Å². The van der Waals surface area contributed by atoms with Gasteiger partial charge >= 0.3 is 0 Å². The van der Waals surface area contributed by atoms with Gasteiger partial charge in [-0.25, -0.2) is 0 Å². The van der Waals surface area contributed by atoms with Crippen molar-refractivity contribution in [1.29, 1.82) is 0 Å². The second-order valence-corrected chi connectivity index (χ2v) is 5.54. The van der Waals surface area contributed by atoms with E-state index in [1.165, 1.54) is 12.1 Å². The molecular weight excluding hydrogens is 377 g/mol. The number of halogens is 2. The van der Waals surface area contributed by atoms with Crippen molar-refractivity contribution in [2.24, 2.45) is 0 Å². The molecule has 98 valence electrons. The first-order valence-corrected chi connectivity index (χ1v) is 6.99. The second-order valence-electron chi connectivity index (χ2n) is 4.06. The molecule has 0 saturated carbocycles. The molecule has 0 unspecified atom stereocenters. The lowest BCUT2D eigenvalue weighted by Crippen LogP contribution is -2.13. The van der Waals surface area contributed by atoms with Crippen LogP contribution in [0.1, 0.15) is 15.9 Å². The van der Waals surface area contributed by atoms with E-state index in [9.17, 15) is 9.90 Å². The molecular formula is C14H11ClINO2. The Kier molecular flexibility index (Phi) is 4.31. The lowest BCUT2D eigenvalue weighted by Gasteiger charge is -2.09. The van der Waals surface area contributed by atoms with E-state index in [0.717, 1.165) is 9.13 Å². The van der Waals surface area contributed by atoms with Crippen molar-refractivity contribution < 1.29 is 9.90 Å². The number of benzene rings is 2. The van der Waals surface area contributed by atoms with E-state index in [2.05, 4.69) is 27.9 Å². The standard InChI is InChI=1S/C14H11ClINO2/c1-8-3-2-4-10(13(8)16)14(19)17-9-5-6-12(18)11(15)7-9/h2-7,18H,1H3,(H,17,19). The van der Waals surface area contributed by atoms with Gasteiger partial charge in [-0.1, -0.05) is 23.7 Å². The van der Waals surface area contributed by atoms with Gasteiger partial charge < -0.3 is 10.4 Å². The number of aromatic hydroxyl groups is 1. The first-order chi connectivity index (χ1) is 8.99. The number of amides is 1. The quantitative estimate of drug-likeness (QED) is 0.599. The van der Waals surface area contributed by atoms with Crippen LogP contribution >= 0.6 is 34.2 Å². The maximum Gasteiger partial charge on any atom is 0.256 e. The Labute approximate surface area is 129 Å². The van der Waals surface area contributed by atoms with Gasteiger partial charge in [0, 0.05) is 9.26 Å². The van der Waals surface area contributed by atoms with E-state index in [4.69, 9.17) is 11.6 Å². The molecule has 0 aromatic heterocycles. The summed E-state index contributed by atoms with van der Waals surface area (Å²) in [5, 5.41) is 12.3. The van der Waals surface area contributed by atoms with Crippen LogP contribution in [0.15, 0.2) is 36.4 Å². The van der Waals surface area contributed by atoms with E-state index < -0.39 is 0 Å². The average molecular weight is 388 g/mol. The zero-order valence-corrected chi connectivity index (χ0v) is 13.0. The number of hydrogen-bond acceptors (Lipinski definition) is 2. The summed E-state index contributed by atoms with van der Waals surface area (Å²) in [5.41, 5.74) is 2.21. The Morgan fingerprint density at radius 1 is 1.32 bits per heavy atom. The molecule has 0 fully saturated rings. The van der Waals surface area contributed by atoms with Crippen molar-refractivity contribution in [1.82, 2.24) is 0 Å². The van der Waals surface area contributed by atoms with Crippen LogP contribution in [0.5, 0.6) is 5.75 Å². The van der Waals surface area contributed by atoms with Crippen molar-refractivity contribution in [2.75, 3.05) is 5.32 Å². The molecule has 0 heterocycles. The van der Waals surface area contributed by atoms with Crippen LogP contribution < -0.4 is 5.32 Å². The maximum absolute atomic E-state index is 12.2. The predicted molar refractivity (Wildman–Crippen MR) is 85.0 cm³/mol. The Balaban J connectivity index is 2.26. The summed E-state index contributed by atoms with van der Waals surface area (Å²) >= 11 is 7.94. The van der Waals surface area contributed by atoms with Crippen LogP contribution in [-0.4, -0.2) is 11.0 Å². The fourth-order valence-electron chi connectivity index (χ4n) is 1.61. The highest BCUT2D eigenvalue weighted by Gasteiger charge is 2.12. The smallest absolute Gasteiger partial charge is 0.256 e. The fraction of sp³-hybridized carbons (Fsp3) is 0.0714. The van der Waals surface area contributed by atoms with Crippen molar-refractivity contribution in [3.05, 3.63) is 56.1 Å². The molecule has 19 heavy (non-hydrogen) atoms. The molecule has 0 spiro atoms. The van der Waals surface area contributed by atoms with Crippen molar-refractivity contribution in [2.45, 2.75) is 6.92 Å². The van der Waals surface area contributed by atoms with Crippen LogP contribution in [0.4, 0.5) is 5.69 Å². The largest absolute Gasteiger partial charge is 0.506 e. The number of hydrogen-bond donors (Lipinski definition) is 2. The van der Waals surface area contributed by atoms with E-state index in [1.807, 2.05) is 19.1 Å². The molecule has 1 amide bonds. The minimum absolute atomic E-state index is 0.00944. The van der Waals surface area contributed by atoms with Crippen molar-refractivity contribution >= 4 is 45.8 Å². The summed E-state index contributed by atoms with van der Waals surface area (Å²) in [4.78, 5) is 12.2. The van der Waals surface area contributed by atoms with Gasteiger partial charge in [-0.05, 0) is 59.3 Å². The third kappa shape index (κ3) is 3.19. The molecule has 3 nitrogen and oxygen atoms in total. The van der Waals surface area contributed by atoms with Gasteiger partial charge in [0.25, 0.3) is 5.91 Å². The van der Waals surface area contributed by atoms with Gasteiger partial charge in [-0.2, -0.15) is 0 Å². The van der Waals surface area contributed by atoms with Crippen LogP contribution in [0, 0.1) is 10.5 Å². The minimum atomic E-state index is -0.199. The predicted octanol–water partition coefficient (Wildman–Crippen LogP) is 4.21. The lowest BCUT2D eigenvalue weighted by molar-refractivity contribution is 0.102.